The van der Waals surface area contributed by atoms with Gasteiger partial charge in [-0.25, -0.2) is 0 Å². The molecule has 0 aromatic heterocycles. The summed E-state index contributed by atoms with van der Waals surface area (Å²) in [5.41, 5.74) is 0.530. The molecule has 0 aliphatic rings. The first-order valence-electron chi connectivity index (χ1n) is 7.23. The van der Waals surface area contributed by atoms with Crippen molar-refractivity contribution >= 4 is 11.4 Å². The molecule has 0 radical (unpaired) electrons. The topological polar surface area (TPSA) is 127 Å². The summed E-state index contributed by atoms with van der Waals surface area (Å²) in [5, 5.41) is 41.7. The van der Waals surface area contributed by atoms with Gasteiger partial charge >= 0.3 is 0 Å². The van der Waals surface area contributed by atoms with Gasteiger partial charge in [-0.05, 0) is 24.0 Å². The Kier molecular flexibility index (Phi) is 5.56. The molecule has 0 aliphatic heterocycles. The van der Waals surface area contributed by atoms with Crippen LogP contribution in [0.4, 0.5) is 11.4 Å². The van der Waals surface area contributed by atoms with E-state index in [9.17, 15) is 30.4 Å². The second-order valence-corrected chi connectivity index (χ2v) is 5.31. The Labute approximate surface area is 137 Å². The predicted molar refractivity (Wildman–Crippen MR) is 85.3 cm³/mol. The minimum absolute atomic E-state index is 0.120. The van der Waals surface area contributed by atoms with Crippen LogP contribution in [-0.2, 0) is 0 Å². The molecule has 2 rings (SSSR count). The van der Waals surface area contributed by atoms with Crippen molar-refractivity contribution in [2.24, 2.45) is 0 Å². The molecule has 126 valence electrons. The molecule has 0 fully saturated rings. The highest BCUT2D eigenvalue weighted by Crippen LogP contribution is 2.28. The van der Waals surface area contributed by atoms with Crippen LogP contribution in [0.25, 0.3) is 0 Å². The molecule has 0 saturated heterocycles. The van der Waals surface area contributed by atoms with E-state index in [2.05, 4.69) is 0 Å². The Balaban J connectivity index is 2.02. The van der Waals surface area contributed by atoms with Gasteiger partial charge in [0, 0.05) is 24.3 Å². The third-order valence-corrected chi connectivity index (χ3v) is 3.65. The summed E-state index contributed by atoms with van der Waals surface area (Å²) in [6.07, 6.45) is -1.63. The van der Waals surface area contributed by atoms with Crippen LogP contribution in [0.1, 0.15) is 36.2 Å². The van der Waals surface area contributed by atoms with Crippen LogP contribution in [-0.4, -0.2) is 20.1 Å². The summed E-state index contributed by atoms with van der Waals surface area (Å²) in [6, 6.07) is 11.3. The number of non-ortho nitro benzene ring substituents is 2. The molecule has 8 heteroatoms. The molecule has 24 heavy (non-hydrogen) atoms. The van der Waals surface area contributed by atoms with Gasteiger partial charge in [-0.3, -0.25) is 20.2 Å². The molecule has 2 aromatic rings. The monoisotopic (exact) mass is 332 g/mol. The Hall–Kier alpha value is -2.84. The van der Waals surface area contributed by atoms with Crippen molar-refractivity contribution in [3.63, 3.8) is 0 Å². The van der Waals surface area contributed by atoms with Crippen molar-refractivity contribution in [1.29, 1.82) is 0 Å². The number of hydrogen-bond donors (Lipinski definition) is 2. The average molecular weight is 332 g/mol. The molecule has 0 aliphatic carbocycles. The molecule has 0 unspecified atom stereocenters. The summed E-state index contributed by atoms with van der Waals surface area (Å²) in [4.78, 5) is 20.4. The second kappa shape index (κ2) is 7.62. The molecule has 2 N–H and O–H groups in total. The van der Waals surface area contributed by atoms with Crippen LogP contribution in [0.3, 0.4) is 0 Å². The van der Waals surface area contributed by atoms with Gasteiger partial charge in [-0.15, -0.1) is 0 Å². The van der Waals surface area contributed by atoms with Gasteiger partial charge in [0.1, 0.15) is 0 Å². The molecule has 0 heterocycles. The van der Waals surface area contributed by atoms with Gasteiger partial charge in [-0.2, -0.15) is 0 Å². The van der Waals surface area contributed by atoms with E-state index in [-0.39, 0.29) is 24.2 Å². The highest BCUT2D eigenvalue weighted by Gasteiger charge is 2.17. The van der Waals surface area contributed by atoms with Crippen molar-refractivity contribution in [2.45, 2.75) is 25.0 Å². The largest absolute Gasteiger partial charge is 0.388 e. The maximum absolute atomic E-state index is 10.7. The molecule has 8 nitrogen and oxygen atoms in total. The molecule has 0 saturated carbocycles. The standard InChI is InChI=1S/C16H16N2O6/c19-15(11-3-1-5-13(9-11)17(21)22)7-8-16(20)12-4-2-6-14(10-12)18(23)24/h1-6,9-10,15-16,19-20H,7-8H2/t15-,16-/m0/s1. The third-order valence-electron chi connectivity index (χ3n) is 3.65. The van der Waals surface area contributed by atoms with Gasteiger partial charge in [0.2, 0.25) is 0 Å². The zero-order chi connectivity index (χ0) is 17.7. The first kappa shape index (κ1) is 17.5. The maximum atomic E-state index is 10.7. The van der Waals surface area contributed by atoms with Crippen molar-refractivity contribution < 1.29 is 20.1 Å². The van der Waals surface area contributed by atoms with Gasteiger partial charge in [0.05, 0.1) is 22.1 Å². The summed E-state index contributed by atoms with van der Waals surface area (Å²) in [6.45, 7) is 0. The van der Waals surface area contributed by atoms with E-state index in [1.54, 1.807) is 12.1 Å². The van der Waals surface area contributed by atoms with Crippen LogP contribution in [0.2, 0.25) is 0 Å². The number of hydrogen-bond acceptors (Lipinski definition) is 6. The van der Waals surface area contributed by atoms with Crippen molar-refractivity contribution in [2.75, 3.05) is 0 Å². The van der Waals surface area contributed by atoms with E-state index in [1.165, 1.54) is 36.4 Å². The molecule has 2 atom stereocenters. The smallest absolute Gasteiger partial charge is 0.269 e. The molecule has 0 amide bonds. The lowest BCUT2D eigenvalue weighted by atomic mass is 9.99. The summed E-state index contributed by atoms with van der Waals surface area (Å²) in [7, 11) is 0. The highest BCUT2D eigenvalue weighted by atomic mass is 16.6. The number of aliphatic hydroxyl groups excluding tert-OH is 2. The maximum Gasteiger partial charge on any atom is 0.269 e. The lowest BCUT2D eigenvalue weighted by Crippen LogP contribution is -2.04. The summed E-state index contributed by atoms with van der Waals surface area (Å²) in [5.74, 6) is 0. The Morgan fingerprint density at radius 3 is 1.50 bits per heavy atom. The minimum Gasteiger partial charge on any atom is -0.388 e. The molecular formula is C16H16N2O6. The second-order valence-electron chi connectivity index (χ2n) is 5.31. The number of benzene rings is 2. The molecule has 0 spiro atoms. The lowest BCUT2D eigenvalue weighted by Gasteiger charge is -2.14. The van der Waals surface area contributed by atoms with Crippen LogP contribution in [0.5, 0.6) is 0 Å². The highest BCUT2D eigenvalue weighted by molar-refractivity contribution is 5.36. The first-order chi connectivity index (χ1) is 11.4. The fourth-order valence-electron chi connectivity index (χ4n) is 2.34. The van der Waals surface area contributed by atoms with Gasteiger partial charge in [-0.1, -0.05) is 24.3 Å². The fraction of sp³-hybridized carbons (Fsp3) is 0.250. The summed E-state index contributed by atoms with van der Waals surface area (Å²) < 4.78 is 0. The number of nitro groups is 2. The van der Waals surface area contributed by atoms with E-state index in [0.29, 0.717) is 11.1 Å². The first-order valence-corrected chi connectivity index (χ1v) is 7.23. The van der Waals surface area contributed by atoms with Gasteiger partial charge < -0.3 is 10.2 Å². The predicted octanol–water partition coefficient (Wildman–Crippen LogP) is 3.05. The SMILES string of the molecule is O=[N+]([O-])c1cccc([C@@H](O)CC[C@H](O)c2cccc([N+](=O)[O-])c2)c1. The quantitative estimate of drug-likeness (QED) is 0.592. The Morgan fingerprint density at radius 2 is 1.17 bits per heavy atom. The number of rotatable bonds is 7. The zero-order valence-electron chi connectivity index (χ0n) is 12.6. The Bertz CT molecular complexity index is 685. The van der Waals surface area contributed by atoms with Gasteiger partial charge in [0.25, 0.3) is 11.4 Å². The fourth-order valence-corrected chi connectivity index (χ4v) is 2.34. The molecular weight excluding hydrogens is 316 g/mol. The van der Waals surface area contributed by atoms with Crippen LogP contribution in [0.15, 0.2) is 48.5 Å². The van der Waals surface area contributed by atoms with Crippen molar-refractivity contribution in [3.8, 4) is 0 Å². The van der Waals surface area contributed by atoms with Crippen LogP contribution < -0.4 is 0 Å². The van der Waals surface area contributed by atoms with E-state index < -0.39 is 22.1 Å². The van der Waals surface area contributed by atoms with Crippen molar-refractivity contribution in [1.82, 2.24) is 0 Å². The summed E-state index contributed by atoms with van der Waals surface area (Å²) >= 11 is 0. The third kappa shape index (κ3) is 4.34. The zero-order valence-corrected chi connectivity index (χ0v) is 12.6. The number of nitro benzene ring substituents is 2. The Morgan fingerprint density at radius 1 is 0.792 bits per heavy atom. The normalized spacial score (nSPS) is 13.2. The number of aliphatic hydroxyl groups is 2. The average Bonchev–Trinajstić information content (AvgIpc) is 2.59. The van der Waals surface area contributed by atoms with Crippen LogP contribution >= 0.6 is 0 Å². The van der Waals surface area contributed by atoms with E-state index >= 15 is 0 Å². The van der Waals surface area contributed by atoms with Crippen LogP contribution in [0, 0.1) is 20.2 Å². The minimum atomic E-state index is -0.974. The van der Waals surface area contributed by atoms with E-state index in [0.717, 1.165) is 0 Å². The lowest BCUT2D eigenvalue weighted by molar-refractivity contribution is -0.385. The van der Waals surface area contributed by atoms with E-state index in [1.807, 2.05) is 0 Å². The number of nitrogens with zero attached hydrogens (tertiary/aromatic N) is 2. The molecule has 0 bridgehead atoms. The van der Waals surface area contributed by atoms with Crippen molar-refractivity contribution in [3.05, 3.63) is 79.9 Å². The van der Waals surface area contributed by atoms with E-state index in [4.69, 9.17) is 0 Å². The molecule has 2 aromatic carbocycles. The van der Waals surface area contributed by atoms with Gasteiger partial charge in [0.15, 0.2) is 0 Å².